The molecule has 0 N–H and O–H groups in total. The Morgan fingerprint density at radius 2 is 1.97 bits per heavy atom. The number of pyridine rings is 1. The molecule has 162 valence electrons. The normalized spacial score (nSPS) is 17.1. The van der Waals surface area contributed by atoms with E-state index in [0.29, 0.717) is 36.4 Å². The first kappa shape index (κ1) is 20.8. The molecule has 3 heterocycles. The van der Waals surface area contributed by atoms with Crippen molar-refractivity contribution in [3.8, 4) is 0 Å². The molecular formula is C20H18F3N5O3. The lowest BCUT2D eigenvalue weighted by molar-refractivity contribution is -0.385. The van der Waals surface area contributed by atoms with Gasteiger partial charge in [-0.25, -0.2) is 0 Å². The van der Waals surface area contributed by atoms with E-state index in [0.717, 1.165) is 12.3 Å². The smallest absolute Gasteiger partial charge is 0.342 e. The molecule has 1 amide bonds. The van der Waals surface area contributed by atoms with E-state index >= 15 is 0 Å². The molecule has 0 saturated carbocycles. The van der Waals surface area contributed by atoms with Gasteiger partial charge in [-0.2, -0.15) is 13.2 Å². The highest BCUT2D eigenvalue weighted by Crippen LogP contribution is 2.31. The van der Waals surface area contributed by atoms with Gasteiger partial charge in [-0.05, 0) is 25.0 Å². The number of para-hydroxylation sites is 1. The summed E-state index contributed by atoms with van der Waals surface area (Å²) in [6, 6.07) is 8.28. The second kappa shape index (κ2) is 7.97. The monoisotopic (exact) mass is 433 g/mol. The third-order valence-electron chi connectivity index (χ3n) is 5.43. The van der Waals surface area contributed by atoms with E-state index in [1.54, 1.807) is 17.0 Å². The Morgan fingerprint density at radius 1 is 1.19 bits per heavy atom. The number of rotatable bonds is 4. The third kappa shape index (κ3) is 4.21. The van der Waals surface area contributed by atoms with Crippen LogP contribution in [0.3, 0.4) is 0 Å². The largest absolute Gasteiger partial charge is 0.417 e. The van der Waals surface area contributed by atoms with Crippen LogP contribution in [0.4, 0.5) is 18.9 Å². The fraction of sp³-hybridized carbons (Fsp3) is 0.350. The van der Waals surface area contributed by atoms with Crippen molar-refractivity contribution in [2.24, 2.45) is 0 Å². The van der Waals surface area contributed by atoms with Gasteiger partial charge in [-0.15, -0.1) is 10.2 Å². The summed E-state index contributed by atoms with van der Waals surface area (Å²) in [4.78, 5) is 25.1. The van der Waals surface area contributed by atoms with Crippen molar-refractivity contribution in [3.05, 3.63) is 69.7 Å². The molecule has 0 bridgehead atoms. The molecular weight excluding hydrogens is 415 g/mol. The van der Waals surface area contributed by atoms with Crippen molar-refractivity contribution in [2.45, 2.75) is 31.4 Å². The quantitative estimate of drug-likeness (QED) is 0.463. The van der Waals surface area contributed by atoms with Crippen LogP contribution in [0.5, 0.6) is 0 Å². The maximum Gasteiger partial charge on any atom is 0.417 e. The summed E-state index contributed by atoms with van der Waals surface area (Å²) in [6.45, 7) is 0.733. The van der Waals surface area contributed by atoms with Gasteiger partial charge in [0.05, 0.1) is 16.9 Å². The van der Waals surface area contributed by atoms with Crippen molar-refractivity contribution in [1.29, 1.82) is 0 Å². The zero-order valence-electron chi connectivity index (χ0n) is 16.2. The number of carbonyl (C=O) groups excluding carboxylic acids is 1. The number of likely N-dealkylation sites (tertiary alicyclic amines) is 1. The van der Waals surface area contributed by atoms with Crippen molar-refractivity contribution < 1.29 is 22.9 Å². The maximum atomic E-state index is 13.1. The van der Waals surface area contributed by atoms with E-state index in [-0.39, 0.29) is 30.5 Å². The molecule has 1 atom stereocenters. The minimum absolute atomic E-state index is 0.118. The number of benzene rings is 1. The molecule has 1 aromatic carbocycles. The number of hydrogen-bond donors (Lipinski definition) is 0. The first-order valence-corrected chi connectivity index (χ1v) is 9.66. The van der Waals surface area contributed by atoms with Crippen LogP contribution in [0.2, 0.25) is 0 Å². The summed E-state index contributed by atoms with van der Waals surface area (Å²) in [5.74, 6) is -0.199. The molecule has 0 spiro atoms. The van der Waals surface area contributed by atoms with Gasteiger partial charge in [0.25, 0.3) is 5.69 Å². The molecule has 1 unspecified atom stereocenters. The van der Waals surface area contributed by atoms with E-state index < -0.39 is 16.7 Å². The average molecular weight is 433 g/mol. The summed E-state index contributed by atoms with van der Waals surface area (Å²) in [5, 5.41) is 19.2. The number of fused-ring (bicyclic) bond motifs is 1. The SMILES string of the molecule is O=C(Cc1ccccc1[N+](=O)[O-])N1CCCC(c2nnc3ccc(C(F)(F)F)cn23)C1. The molecule has 2 aromatic heterocycles. The summed E-state index contributed by atoms with van der Waals surface area (Å²) >= 11 is 0. The fourth-order valence-electron chi connectivity index (χ4n) is 3.88. The average Bonchev–Trinajstić information content (AvgIpc) is 3.17. The van der Waals surface area contributed by atoms with Gasteiger partial charge in [0.1, 0.15) is 5.82 Å². The first-order chi connectivity index (χ1) is 14.7. The minimum atomic E-state index is -4.49. The number of nitrogens with zero attached hydrogens (tertiary/aromatic N) is 5. The Kier molecular flexibility index (Phi) is 5.34. The van der Waals surface area contributed by atoms with Crippen LogP contribution >= 0.6 is 0 Å². The number of nitro benzene ring substituents is 1. The minimum Gasteiger partial charge on any atom is -0.342 e. The van der Waals surface area contributed by atoms with Gasteiger partial charge in [0.15, 0.2) is 5.65 Å². The molecule has 0 aliphatic carbocycles. The topological polar surface area (TPSA) is 93.6 Å². The number of nitro groups is 1. The zero-order valence-corrected chi connectivity index (χ0v) is 16.2. The number of amides is 1. The second-order valence-corrected chi connectivity index (χ2v) is 7.44. The Hall–Kier alpha value is -3.50. The molecule has 0 radical (unpaired) electrons. The number of piperidine rings is 1. The fourth-order valence-corrected chi connectivity index (χ4v) is 3.88. The van der Waals surface area contributed by atoms with Gasteiger partial charge < -0.3 is 4.90 Å². The predicted molar refractivity (Wildman–Crippen MR) is 103 cm³/mol. The Morgan fingerprint density at radius 3 is 2.71 bits per heavy atom. The van der Waals surface area contributed by atoms with E-state index in [4.69, 9.17) is 0 Å². The van der Waals surface area contributed by atoms with Crippen LogP contribution in [-0.2, 0) is 17.4 Å². The Labute approximate surface area is 174 Å². The number of halogens is 3. The van der Waals surface area contributed by atoms with Crippen LogP contribution in [0.15, 0.2) is 42.6 Å². The standard InChI is InChI=1S/C20H18F3N5O3/c21-20(22,23)15-7-8-17-24-25-19(27(17)12-15)14-5-3-9-26(11-14)18(29)10-13-4-1-2-6-16(13)28(30)31/h1-2,4,6-8,12,14H,3,5,9-11H2. The Balaban J connectivity index is 1.55. The van der Waals surface area contributed by atoms with Crippen molar-refractivity contribution in [3.63, 3.8) is 0 Å². The number of aromatic nitrogens is 3. The van der Waals surface area contributed by atoms with Crippen molar-refractivity contribution in [2.75, 3.05) is 13.1 Å². The summed E-state index contributed by atoms with van der Waals surface area (Å²) in [7, 11) is 0. The van der Waals surface area contributed by atoms with Gasteiger partial charge in [0.2, 0.25) is 5.91 Å². The summed E-state index contributed by atoms with van der Waals surface area (Å²) in [5.41, 5.74) is -0.303. The second-order valence-electron chi connectivity index (χ2n) is 7.44. The van der Waals surface area contributed by atoms with Crippen LogP contribution in [-0.4, -0.2) is 43.4 Å². The summed E-state index contributed by atoms with van der Waals surface area (Å²) < 4.78 is 40.6. The molecule has 1 aliphatic heterocycles. The van der Waals surface area contributed by atoms with Gasteiger partial charge in [0, 0.05) is 36.8 Å². The lowest BCUT2D eigenvalue weighted by Gasteiger charge is -2.32. The van der Waals surface area contributed by atoms with E-state index in [2.05, 4.69) is 10.2 Å². The van der Waals surface area contributed by atoms with Crippen molar-refractivity contribution >= 4 is 17.2 Å². The molecule has 1 aliphatic rings. The molecule has 8 nitrogen and oxygen atoms in total. The van der Waals surface area contributed by atoms with Crippen molar-refractivity contribution in [1.82, 2.24) is 19.5 Å². The molecule has 1 saturated heterocycles. The van der Waals surface area contributed by atoms with Crippen LogP contribution in [0.25, 0.3) is 5.65 Å². The zero-order chi connectivity index (χ0) is 22.2. The third-order valence-corrected chi connectivity index (χ3v) is 5.43. The van der Waals surface area contributed by atoms with E-state index in [1.807, 2.05) is 0 Å². The lowest BCUT2D eigenvalue weighted by atomic mass is 9.96. The van der Waals surface area contributed by atoms with Crippen LogP contribution < -0.4 is 0 Å². The van der Waals surface area contributed by atoms with Gasteiger partial charge >= 0.3 is 6.18 Å². The maximum absolute atomic E-state index is 13.1. The van der Waals surface area contributed by atoms with Gasteiger partial charge in [-0.3, -0.25) is 19.3 Å². The highest BCUT2D eigenvalue weighted by atomic mass is 19.4. The summed E-state index contributed by atoms with van der Waals surface area (Å²) in [6.07, 6.45) is -2.36. The molecule has 4 rings (SSSR count). The van der Waals surface area contributed by atoms with E-state index in [9.17, 15) is 28.1 Å². The first-order valence-electron chi connectivity index (χ1n) is 9.66. The molecule has 1 fully saturated rings. The van der Waals surface area contributed by atoms with Crippen LogP contribution in [0, 0.1) is 10.1 Å². The molecule has 31 heavy (non-hydrogen) atoms. The van der Waals surface area contributed by atoms with E-state index in [1.165, 1.54) is 22.6 Å². The predicted octanol–water partition coefficient (Wildman–Crippen LogP) is 3.61. The Bertz CT molecular complexity index is 1140. The number of carbonyl (C=O) groups is 1. The highest BCUT2D eigenvalue weighted by Gasteiger charge is 2.33. The highest BCUT2D eigenvalue weighted by molar-refractivity contribution is 5.80. The van der Waals surface area contributed by atoms with Crippen LogP contribution in [0.1, 0.15) is 35.7 Å². The lowest BCUT2D eigenvalue weighted by Crippen LogP contribution is -2.40. The number of alkyl halides is 3. The molecule has 11 heteroatoms. The molecule has 3 aromatic rings. The number of hydrogen-bond acceptors (Lipinski definition) is 5. The van der Waals surface area contributed by atoms with Gasteiger partial charge in [-0.1, -0.05) is 18.2 Å².